The van der Waals surface area contributed by atoms with Crippen molar-refractivity contribution >= 4 is 62.7 Å². The molecule has 22 heavy (non-hydrogen) atoms. The Hall–Kier alpha value is -0.500. The summed E-state index contributed by atoms with van der Waals surface area (Å²) in [5.74, 6) is 0. The van der Waals surface area contributed by atoms with Crippen molar-refractivity contribution in [1.29, 1.82) is 0 Å². The molecular weight excluding hydrogens is 414 g/mol. The normalized spacial score (nSPS) is 12.4. The SMILES string of the molecule is O=S(=O)(Cl)c1cc(Cl)ccc1-c1ccc(Cl)cc1S(=O)(=O)Cl. The van der Waals surface area contributed by atoms with Gasteiger partial charge in [-0.1, -0.05) is 35.3 Å². The second-order valence-corrected chi connectivity index (χ2v) is 10.1. The highest BCUT2D eigenvalue weighted by Crippen LogP contribution is 2.37. The van der Waals surface area contributed by atoms with Gasteiger partial charge in [0.2, 0.25) is 0 Å². The van der Waals surface area contributed by atoms with E-state index in [9.17, 15) is 16.8 Å². The van der Waals surface area contributed by atoms with Crippen LogP contribution in [0.3, 0.4) is 0 Å². The second kappa shape index (κ2) is 6.19. The molecule has 0 aliphatic rings. The van der Waals surface area contributed by atoms with Gasteiger partial charge >= 0.3 is 0 Å². The first kappa shape index (κ1) is 17.8. The van der Waals surface area contributed by atoms with E-state index in [0.717, 1.165) is 12.1 Å². The molecule has 4 nitrogen and oxygen atoms in total. The zero-order valence-corrected chi connectivity index (χ0v) is 15.1. The average Bonchev–Trinajstić information content (AvgIpc) is 2.37. The van der Waals surface area contributed by atoms with E-state index in [4.69, 9.17) is 44.6 Å². The Balaban J connectivity index is 2.90. The van der Waals surface area contributed by atoms with E-state index in [1.807, 2.05) is 0 Å². The third-order valence-electron chi connectivity index (χ3n) is 2.70. The van der Waals surface area contributed by atoms with Crippen LogP contribution in [-0.2, 0) is 18.1 Å². The van der Waals surface area contributed by atoms with Gasteiger partial charge in [0, 0.05) is 42.5 Å². The van der Waals surface area contributed by atoms with Gasteiger partial charge in [-0.25, -0.2) is 16.8 Å². The molecule has 0 aromatic heterocycles. The Morgan fingerprint density at radius 2 is 0.955 bits per heavy atom. The van der Waals surface area contributed by atoms with Crippen molar-refractivity contribution in [3.8, 4) is 11.1 Å². The number of hydrogen-bond acceptors (Lipinski definition) is 4. The summed E-state index contributed by atoms with van der Waals surface area (Å²) in [4.78, 5) is -0.656. The average molecular weight is 420 g/mol. The molecule has 0 heterocycles. The molecule has 0 radical (unpaired) electrons. The van der Waals surface area contributed by atoms with Crippen molar-refractivity contribution in [2.45, 2.75) is 9.79 Å². The molecule has 2 aromatic carbocycles. The van der Waals surface area contributed by atoms with Crippen LogP contribution in [0.15, 0.2) is 46.2 Å². The van der Waals surface area contributed by atoms with Gasteiger partial charge in [0.15, 0.2) is 0 Å². The second-order valence-electron chi connectivity index (χ2n) is 4.16. The predicted molar refractivity (Wildman–Crippen MR) is 88.0 cm³/mol. The fourth-order valence-electron chi connectivity index (χ4n) is 1.84. The fraction of sp³-hybridized carbons (Fsp3) is 0. The Bertz CT molecular complexity index is 874. The molecule has 0 aliphatic heterocycles. The van der Waals surface area contributed by atoms with Crippen molar-refractivity contribution in [2.24, 2.45) is 0 Å². The topological polar surface area (TPSA) is 68.3 Å². The largest absolute Gasteiger partial charge is 0.261 e. The minimum atomic E-state index is -4.16. The highest BCUT2D eigenvalue weighted by Gasteiger charge is 2.23. The molecule has 0 amide bonds. The zero-order valence-electron chi connectivity index (χ0n) is 10.4. The van der Waals surface area contributed by atoms with Gasteiger partial charge < -0.3 is 0 Å². The maximum Gasteiger partial charge on any atom is 0.261 e. The summed E-state index contributed by atoms with van der Waals surface area (Å²) < 4.78 is 46.8. The molecule has 10 heteroatoms. The standard InChI is InChI=1S/C12H6Cl4O4S2/c13-7-1-3-9(11(5-7)21(15,17)18)10-4-2-8(14)6-12(10)22(16,19)20/h1-6H. The minimum absolute atomic E-state index is 0.0512. The number of halogens is 4. The monoisotopic (exact) mass is 418 g/mol. The summed E-state index contributed by atoms with van der Waals surface area (Å²) in [5, 5.41) is 0.263. The number of benzene rings is 2. The van der Waals surface area contributed by atoms with Crippen molar-refractivity contribution in [3.63, 3.8) is 0 Å². The molecule has 2 rings (SSSR count). The van der Waals surface area contributed by atoms with Crippen molar-refractivity contribution in [3.05, 3.63) is 46.4 Å². The van der Waals surface area contributed by atoms with Gasteiger partial charge in [-0.2, -0.15) is 0 Å². The van der Waals surface area contributed by atoms with Crippen LogP contribution in [0.5, 0.6) is 0 Å². The molecular formula is C12H6Cl4O4S2. The molecule has 0 unspecified atom stereocenters. The molecule has 0 bridgehead atoms. The van der Waals surface area contributed by atoms with Crippen LogP contribution in [0.25, 0.3) is 11.1 Å². The van der Waals surface area contributed by atoms with E-state index in [2.05, 4.69) is 0 Å². The predicted octanol–water partition coefficient (Wildman–Crippen LogP) is 4.52. The maximum atomic E-state index is 11.7. The van der Waals surface area contributed by atoms with Crippen molar-refractivity contribution < 1.29 is 16.8 Å². The Labute approximate surface area is 146 Å². The van der Waals surface area contributed by atoms with Gasteiger partial charge in [-0.3, -0.25) is 0 Å². The van der Waals surface area contributed by atoms with Crippen LogP contribution >= 0.6 is 44.6 Å². The van der Waals surface area contributed by atoms with Gasteiger partial charge in [0.1, 0.15) is 0 Å². The molecule has 118 valence electrons. The van der Waals surface area contributed by atoms with Crippen LogP contribution in [0.4, 0.5) is 0 Å². The van der Waals surface area contributed by atoms with E-state index in [0.29, 0.717) is 0 Å². The molecule has 2 aromatic rings. The molecule has 0 fully saturated rings. The lowest BCUT2D eigenvalue weighted by atomic mass is 10.1. The Morgan fingerprint density at radius 3 is 1.23 bits per heavy atom. The number of rotatable bonds is 3. The van der Waals surface area contributed by atoms with Crippen molar-refractivity contribution in [1.82, 2.24) is 0 Å². The maximum absolute atomic E-state index is 11.7. The van der Waals surface area contributed by atoms with Gasteiger partial charge in [-0.15, -0.1) is 0 Å². The summed E-state index contributed by atoms with van der Waals surface area (Å²) in [6, 6.07) is 7.74. The smallest absolute Gasteiger partial charge is 0.207 e. The zero-order chi connectivity index (χ0) is 16.7. The third kappa shape index (κ3) is 3.88. The van der Waals surface area contributed by atoms with Gasteiger partial charge in [-0.05, 0) is 24.3 Å². The minimum Gasteiger partial charge on any atom is -0.207 e. The molecule has 0 atom stereocenters. The van der Waals surface area contributed by atoms with E-state index in [1.54, 1.807) is 0 Å². The first-order valence-corrected chi connectivity index (χ1v) is 10.9. The molecule has 0 aliphatic carbocycles. The highest BCUT2D eigenvalue weighted by molar-refractivity contribution is 8.14. The molecule has 0 saturated carbocycles. The molecule has 0 N–H and O–H groups in total. The lowest BCUT2D eigenvalue weighted by Gasteiger charge is -2.11. The quantitative estimate of drug-likeness (QED) is 0.686. The summed E-state index contributed by atoms with van der Waals surface area (Å²) in [6.07, 6.45) is 0. The highest BCUT2D eigenvalue weighted by atomic mass is 35.7. The summed E-state index contributed by atoms with van der Waals surface area (Å²) >= 11 is 11.6. The lowest BCUT2D eigenvalue weighted by Crippen LogP contribution is -1.99. The summed E-state index contributed by atoms with van der Waals surface area (Å²) in [7, 11) is 2.46. The van der Waals surface area contributed by atoms with Crippen LogP contribution in [0, 0.1) is 0 Å². The summed E-state index contributed by atoms with van der Waals surface area (Å²) in [6.45, 7) is 0. The Kier molecular flexibility index (Phi) is 5.02. The van der Waals surface area contributed by atoms with E-state index in [-0.39, 0.29) is 31.0 Å². The number of hydrogen-bond donors (Lipinski definition) is 0. The lowest BCUT2D eigenvalue weighted by molar-refractivity contribution is 0.607. The Morgan fingerprint density at radius 1 is 0.636 bits per heavy atom. The van der Waals surface area contributed by atoms with E-state index >= 15 is 0 Å². The molecule has 0 saturated heterocycles. The van der Waals surface area contributed by atoms with Gasteiger partial charge in [0.25, 0.3) is 18.1 Å². The van der Waals surface area contributed by atoms with Crippen molar-refractivity contribution in [2.75, 3.05) is 0 Å². The van der Waals surface area contributed by atoms with Crippen LogP contribution in [0.1, 0.15) is 0 Å². The first-order valence-electron chi connectivity index (χ1n) is 5.49. The molecule has 0 spiro atoms. The van der Waals surface area contributed by atoms with E-state index < -0.39 is 18.1 Å². The first-order chi connectivity index (χ1) is 10.00. The van der Waals surface area contributed by atoms with Gasteiger partial charge in [0.05, 0.1) is 9.79 Å². The van der Waals surface area contributed by atoms with Crippen LogP contribution < -0.4 is 0 Å². The van der Waals surface area contributed by atoms with Crippen LogP contribution in [0.2, 0.25) is 10.0 Å². The van der Waals surface area contributed by atoms with E-state index in [1.165, 1.54) is 24.3 Å². The summed E-state index contributed by atoms with van der Waals surface area (Å²) in [5.41, 5.74) is 0.102. The fourth-order valence-corrected chi connectivity index (χ4v) is 4.50. The van der Waals surface area contributed by atoms with Crippen LogP contribution in [-0.4, -0.2) is 16.8 Å². The third-order valence-corrected chi connectivity index (χ3v) is 5.90.